The predicted molar refractivity (Wildman–Crippen MR) is 41.8 cm³/mol. The summed E-state index contributed by atoms with van der Waals surface area (Å²) in [5.74, 6) is 0.650. The molecule has 1 aliphatic rings. The lowest BCUT2D eigenvalue weighted by atomic mass is 10.0. The normalized spacial score (nSPS) is 33.6. The molecule has 0 bridgehead atoms. The fourth-order valence-corrected chi connectivity index (χ4v) is 1.40. The van der Waals surface area contributed by atoms with E-state index in [1.165, 1.54) is 6.42 Å². The van der Waals surface area contributed by atoms with Crippen molar-refractivity contribution in [1.82, 2.24) is 0 Å². The van der Waals surface area contributed by atoms with Crippen LogP contribution in [-0.4, -0.2) is 18.8 Å². The molecule has 0 radical (unpaired) electrons. The van der Waals surface area contributed by atoms with Crippen LogP contribution in [0.4, 0.5) is 0 Å². The Kier molecular flexibility index (Phi) is 2.69. The summed E-state index contributed by atoms with van der Waals surface area (Å²) < 4.78 is 5.65. The third kappa shape index (κ3) is 1.70. The highest BCUT2D eigenvalue weighted by Gasteiger charge is 2.25. The fraction of sp³-hybridized carbons (Fsp3) is 1.00. The Morgan fingerprint density at radius 3 is 2.50 bits per heavy atom. The molecule has 0 saturated carbocycles. The van der Waals surface area contributed by atoms with Crippen LogP contribution in [0.15, 0.2) is 0 Å². The van der Waals surface area contributed by atoms with E-state index in [0.717, 1.165) is 6.42 Å². The van der Waals surface area contributed by atoms with Gasteiger partial charge >= 0.3 is 0 Å². The zero-order valence-electron chi connectivity index (χ0n) is 6.84. The topological polar surface area (TPSA) is 35.2 Å². The molecule has 2 nitrogen and oxygen atoms in total. The molecular formula is C8H17NO. The molecule has 1 aliphatic heterocycles. The average Bonchev–Trinajstić information content (AvgIpc) is 2.34. The fourth-order valence-electron chi connectivity index (χ4n) is 1.40. The van der Waals surface area contributed by atoms with Crippen LogP contribution in [0.1, 0.15) is 26.7 Å². The lowest BCUT2D eigenvalue weighted by Crippen LogP contribution is -2.22. The van der Waals surface area contributed by atoms with Gasteiger partial charge in [0.15, 0.2) is 0 Å². The Bertz CT molecular complexity index is 103. The monoisotopic (exact) mass is 143 g/mol. The van der Waals surface area contributed by atoms with Gasteiger partial charge < -0.3 is 10.5 Å². The quantitative estimate of drug-likeness (QED) is 0.629. The third-order valence-corrected chi connectivity index (χ3v) is 2.15. The Morgan fingerprint density at radius 1 is 1.50 bits per heavy atom. The molecule has 1 rings (SSSR count). The van der Waals surface area contributed by atoms with E-state index < -0.39 is 0 Å². The van der Waals surface area contributed by atoms with E-state index in [9.17, 15) is 0 Å². The minimum atomic E-state index is 0.340. The van der Waals surface area contributed by atoms with E-state index in [2.05, 4.69) is 13.8 Å². The zero-order valence-corrected chi connectivity index (χ0v) is 6.84. The van der Waals surface area contributed by atoms with Crippen LogP contribution in [0.5, 0.6) is 0 Å². The SMILES string of the molecule is CC(C)C1CCC(CN)O1. The minimum absolute atomic E-state index is 0.340. The summed E-state index contributed by atoms with van der Waals surface area (Å²) in [5, 5.41) is 0. The van der Waals surface area contributed by atoms with Gasteiger partial charge in [0, 0.05) is 6.54 Å². The van der Waals surface area contributed by atoms with Crippen molar-refractivity contribution in [3.63, 3.8) is 0 Å². The van der Waals surface area contributed by atoms with Crippen LogP contribution in [0.3, 0.4) is 0 Å². The third-order valence-electron chi connectivity index (χ3n) is 2.15. The molecule has 1 fully saturated rings. The summed E-state index contributed by atoms with van der Waals surface area (Å²) in [5.41, 5.74) is 5.47. The maximum Gasteiger partial charge on any atom is 0.0702 e. The molecule has 2 N–H and O–H groups in total. The molecule has 60 valence electrons. The number of nitrogens with two attached hydrogens (primary N) is 1. The molecule has 0 aromatic carbocycles. The van der Waals surface area contributed by atoms with E-state index >= 15 is 0 Å². The summed E-state index contributed by atoms with van der Waals surface area (Å²) in [6.45, 7) is 5.08. The molecule has 2 heteroatoms. The second-order valence-corrected chi connectivity index (χ2v) is 3.35. The number of ether oxygens (including phenoxy) is 1. The van der Waals surface area contributed by atoms with Crippen molar-refractivity contribution in [2.24, 2.45) is 11.7 Å². The second-order valence-electron chi connectivity index (χ2n) is 3.35. The van der Waals surface area contributed by atoms with E-state index in [4.69, 9.17) is 10.5 Å². The Hall–Kier alpha value is -0.0800. The van der Waals surface area contributed by atoms with E-state index in [0.29, 0.717) is 24.7 Å². The van der Waals surface area contributed by atoms with Gasteiger partial charge in [0.2, 0.25) is 0 Å². The highest BCUT2D eigenvalue weighted by molar-refractivity contribution is 4.75. The zero-order chi connectivity index (χ0) is 7.56. The molecular weight excluding hydrogens is 126 g/mol. The van der Waals surface area contributed by atoms with Gasteiger partial charge in [-0.1, -0.05) is 13.8 Å². The molecule has 0 aliphatic carbocycles. The van der Waals surface area contributed by atoms with Gasteiger partial charge in [-0.3, -0.25) is 0 Å². The summed E-state index contributed by atoms with van der Waals surface area (Å²) in [6, 6.07) is 0. The van der Waals surface area contributed by atoms with Crippen molar-refractivity contribution in [2.45, 2.75) is 38.9 Å². The first-order valence-electron chi connectivity index (χ1n) is 4.09. The molecule has 0 amide bonds. The van der Waals surface area contributed by atoms with E-state index in [1.807, 2.05) is 0 Å². The van der Waals surface area contributed by atoms with Crippen molar-refractivity contribution in [2.75, 3.05) is 6.54 Å². The van der Waals surface area contributed by atoms with Gasteiger partial charge in [-0.15, -0.1) is 0 Å². The van der Waals surface area contributed by atoms with E-state index in [-0.39, 0.29) is 0 Å². The van der Waals surface area contributed by atoms with Crippen molar-refractivity contribution >= 4 is 0 Å². The van der Waals surface area contributed by atoms with Gasteiger partial charge in [-0.25, -0.2) is 0 Å². The molecule has 0 spiro atoms. The number of rotatable bonds is 2. The van der Waals surface area contributed by atoms with Gasteiger partial charge in [-0.05, 0) is 18.8 Å². The average molecular weight is 143 g/mol. The van der Waals surface area contributed by atoms with Gasteiger partial charge in [0.25, 0.3) is 0 Å². The lowest BCUT2D eigenvalue weighted by molar-refractivity contribution is 0.0242. The molecule has 0 aromatic rings. The van der Waals surface area contributed by atoms with Crippen LogP contribution in [0.2, 0.25) is 0 Å². The summed E-state index contributed by atoms with van der Waals surface area (Å²) in [4.78, 5) is 0. The molecule has 10 heavy (non-hydrogen) atoms. The second kappa shape index (κ2) is 3.35. The van der Waals surface area contributed by atoms with Crippen molar-refractivity contribution in [1.29, 1.82) is 0 Å². The maximum absolute atomic E-state index is 5.65. The first-order chi connectivity index (χ1) is 4.74. The largest absolute Gasteiger partial charge is 0.373 e. The van der Waals surface area contributed by atoms with Crippen LogP contribution in [0.25, 0.3) is 0 Å². The smallest absolute Gasteiger partial charge is 0.0702 e. The Labute approximate surface area is 62.7 Å². The molecule has 2 unspecified atom stereocenters. The van der Waals surface area contributed by atoms with Crippen molar-refractivity contribution in [3.05, 3.63) is 0 Å². The predicted octanol–water partition coefficient (Wildman–Crippen LogP) is 1.15. The Morgan fingerprint density at radius 2 is 2.20 bits per heavy atom. The summed E-state index contributed by atoms with van der Waals surface area (Å²) in [7, 11) is 0. The highest BCUT2D eigenvalue weighted by Crippen LogP contribution is 2.24. The van der Waals surface area contributed by atoms with Gasteiger partial charge in [-0.2, -0.15) is 0 Å². The first kappa shape index (κ1) is 8.02. The molecule has 2 atom stereocenters. The number of hydrogen-bond acceptors (Lipinski definition) is 2. The van der Waals surface area contributed by atoms with Crippen LogP contribution >= 0.6 is 0 Å². The lowest BCUT2D eigenvalue weighted by Gasteiger charge is -2.15. The van der Waals surface area contributed by atoms with Gasteiger partial charge in [0.1, 0.15) is 0 Å². The minimum Gasteiger partial charge on any atom is -0.373 e. The van der Waals surface area contributed by atoms with Crippen molar-refractivity contribution < 1.29 is 4.74 Å². The van der Waals surface area contributed by atoms with Crippen molar-refractivity contribution in [3.8, 4) is 0 Å². The highest BCUT2D eigenvalue weighted by atomic mass is 16.5. The molecule has 0 aromatic heterocycles. The van der Waals surface area contributed by atoms with Gasteiger partial charge in [0.05, 0.1) is 12.2 Å². The Balaban J connectivity index is 2.28. The summed E-state index contributed by atoms with van der Waals surface area (Å²) >= 11 is 0. The van der Waals surface area contributed by atoms with Crippen LogP contribution in [0, 0.1) is 5.92 Å². The molecule has 1 heterocycles. The van der Waals surface area contributed by atoms with Crippen LogP contribution in [-0.2, 0) is 4.74 Å². The van der Waals surface area contributed by atoms with Crippen LogP contribution < -0.4 is 5.73 Å². The standard InChI is InChI=1S/C8H17NO/c1-6(2)8-4-3-7(5-9)10-8/h6-8H,3-5,9H2,1-2H3. The number of hydrogen-bond donors (Lipinski definition) is 1. The van der Waals surface area contributed by atoms with E-state index in [1.54, 1.807) is 0 Å². The maximum atomic E-state index is 5.65. The summed E-state index contributed by atoms with van der Waals surface area (Å²) in [6.07, 6.45) is 3.15. The molecule has 1 saturated heterocycles. The first-order valence-corrected chi connectivity index (χ1v) is 4.09.